The fraction of sp³-hybridized carbons (Fsp3) is 0.462. The van der Waals surface area contributed by atoms with E-state index in [1.54, 1.807) is 0 Å². The van der Waals surface area contributed by atoms with Crippen molar-refractivity contribution in [1.29, 1.82) is 0 Å². The first kappa shape index (κ1) is 11.1. The minimum Gasteiger partial charge on any atom is -0.478 e. The number of ether oxygens (including phenoxy) is 1. The van der Waals surface area contributed by atoms with Crippen LogP contribution in [0.3, 0.4) is 0 Å². The summed E-state index contributed by atoms with van der Waals surface area (Å²) in [7, 11) is 0. The third-order valence-corrected chi connectivity index (χ3v) is 3.55. The van der Waals surface area contributed by atoms with E-state index in [4.69, 9.17) is 16.3 Å². The molecule has 0 radical (unpaired) electrons. The molecule has 4 heteroatoms. The molecule has 2 atom stereocenters. The maximum atomic E-state index is 5.99. The van der Waals surface area contributed by atoms with Crippen molar-refractivity contribution in [1.82, 2.24) is 5.32 Å². The van der Waals surface area contributed by atoms with Gasteiger partial charge in [-0.2, -0.15) is 0 Å². The fourth-order valence-electron chi connectivity index (χ4n) is 2.37. The molecule has 1 aromatic carbocycles. The van der Waals surface area contributed by atoms with E-state index in [2.05, 4.69) is 16.4 Å². The summed E-state index contributed by atoms with van der Waals surface area (Å²) in [5.74, 6) is 1.37. The van der Waals surface area contributed by atoms with E-state index in [0.717, 1.165) is 36.0 Å². The van der Waals surface area contributed by atoms with Gasteiger partial charge in [0.2, 0.25) is 0 Å². The highest BCUT2D eigenvalue weighted by Crippen LogP contribution is 2.28. The molecule has 90 valence electrons. The van der Waals surface area contributed by atoms with Gasteiger partial charge in [0, 0.05) is 17.5 Å². The van der Waals surface area contributed by atoms with Gasteiger partial charge in [0.15, 0.2) is 5.90 Å². The molecule has 2 unspecified atom stereocenters. The Kier molecular flexibility index (Phi) is 3.04. The Labute approximate surface area is 106 Å². The topological polar surface area (TPSA) is 33.6 Å². The normalized spacial score (nSPS) is 27.9. The number of nitrogens with one attached hydrogen (secondary N) is 1. The lowest BCUT2D eigenvalue weighted by molar-refractivity contribution is 0.301. The predicted octanol–water partition coefficient (Wildman–Crippen LogP) is 2.42. The van der Waals surface area contributed by atoms with Gasteiger partial charge in [-0.15, -0.1) is 0 Å². The Hall–Kier alpha value is -1.06. The summed E-state index contributed by atoms with van der Waals surface area (Å²) in [4.78, 5) is 4.68. The molecule has 1 aromatic rings. The molecule has 0 bridgehead atoms. The van der Waals surface area contributed by atoms with Gasteiger partial charge in [0.05, 0.1) is 0 Å². The molecule has 1 saturated heterocycles. The molecule has 1 N–H and O–H groups in total. The third kappa shape index (κ3) is 2.31. The van der Waals surface area contributed by atoms with Crippen LogP contribution in [0.15, 0.2) is 29.3 Å². The zero-order chi connectivity index (χ0) is 11.7. The molecular weight excluding hydrogens is 236 g/mol. The first-order valence-corrected chi connectivity index (χ1v) is 6.37. The predicted molar refractivity (Wildman–Crippen MR) is 68.6 cm³/mol. The second-order valence-corrected chi connectivity index (χ2v) is 4.98. The van der Waals surface area contributed by atoms with E-state index < -0.39 is 0 Å². The van der Waals surface area contributed by atoms with Crippen LogP contribution >= 0.6 is 11.6 Å². The summed E-state index contributed by atoms with van der Waals surface area (Å²) in [6.45, 7) is 2.70. The van der Waals surface area contributed by atoms with Gasteiger partial charge in [-0.3, -0.25) is 0 Å². The van der Waals surface area contributed by atoms with Crippen molar-refractivity contribution in [2.45, 2.75) is 12.5 Å². The Balaban J connectivity index is 1.78. The van der Waals surface area contributed by atoms with Crippen LogP contribution in [0.1, 0.15) is 18.0 Å². The maximum Gasteiger partial charge on any atom is 0.188 e. The van der Waals surface area contributed by atoms with Gasteiger partial charge >= 0.3 is 0 Å². The molecule has 2 heterocycles. The van der Waals surface area contributed by atoms with E-state index in [1.807, 2.05) is 18.2 Å². The van der Waals surface area contributed by atoms with Crippen molar-refractivity contribution in [2.24, 2.45) is 10.9 Å². The second kappa shape index (κ2) is 4.67. The quantitative estimate of drug-likeness (QED) is 0.875. The number of halogens is 1. The van der Waals surface area contributed by atoms with E-state index in [-0.39, 0.29) is 6.04 Å². The molecule has 0 spiro atoms. The first-order chi connectivity index (χ1) is 8.33. The van der Waals surface area contributed by atoms with Gasteiger partial charge in [0.25, 0.3) is 0 Å². The average Bonchev–Trinajstić information content (AvgIpc) is 3.00. The highest BCUT2D eigenvalue weighted by Gasteiger charge is 2.28. The zero-order valence-corrected chi connectivity index (χ0v) is 10.3. The Morgan fingerprint density at radius 1 is 1.41 bits per heavy atom. The summed E-state index contributed by atoms with van der Waals surface area (Å²) in [6.07, 6.45) is 1.13. The largest absolute Gasteiger partial charge is 0.478 e. The van der Waals surface area contributed by atoms with Crippen molar-refractivity contribution in [2.75, 3.05) is 19.7 Å². The van der Waals surface area contributed by atoms with E-state index in [1.165, 1.54) is 0 Å². The van der Waals surface area contributed by atoms with E-state index in [9.17, 15) is 0 Å². The molecule has 17 heavy (non-hydrogen) atoms. The summed E-state index contributed by atoms with van der Waals surface area (Å²) >= 11 is 5.99. The average molecular weight is 251 g/mol. The van der Waals surface area contributed by atoms with Gasteiger partial charge in [-0.1, -0.05) is 23.7 Å². The highest BCUT2D eigenvalue weighted by atomic mass is 35.5. The van der Waals surface area contributed by atoms with E-state index >= 15 is 0 Å². The van der Waals surface area contributed by atoms with Gasteiger partial charge in [-0.25, -0.2) is 4.99 Å². The monoisotopic (exact) mass is 250 g/mol. The lowest BCUT2D eigenvalue weighted by atomic mass is 10.1. The van der Waals surface area contributed by atoms with Crippen molar-refractivity contribution in [3.8, 4) is 0 Å². The smallest absolute Gasteiger partial charge is 0.188 e. The summed E-state index contributed by atoms with van der Waals surface area (Å²) in [5.41, 5.74) is 1.14. The highest BCUT2D eigenvalue weighted by molar-refractivity contribution is 6.30. The number of benzene rings is 1. The lowest BCUT2D eigenvalue weighted by Crippen LogP contribution is -2.17. The second-order valence-electron chi connectivity index (χ2n) is 4.54. The van der Waals surface area contributed by atoms with Crippen molar-refractivity contribution < 1.29 is 4.74 Å². The minimum absolute atomic E-state index is 0.115. The molecule has 3 nitrogen and oxygen atoms in total. The minimum atomic E-state index is 0.115. The van der Waals surface area contributed by atoms with Crippen LogP contribution in [0.2, 0.25) is 5.02 Å². The van der Waals surface area contributed by atoms with Gasteiger partial charge in [-0.05, 0) is 30.7 Å². The molecule has 1 fully saturated rings. The zero-order valence-electron chi connectivity index (χ0n) is 9.53. The molecular formula is C13H15ClN2O. The fourth-order valence-corrected chi connectivity index (χ4v) is 2.56. The molecule has 0 aromatic heterocycles. The standard InChI is InChI=1S/C13H15ClN2O/c14-11-3-1-2-9(6-11)12-8-17-13(16-12)10-4-5-15-7-10/h1-3,6,10,12,15H,4-5,7-8H2. The van der Waals surface area contributed by atoms with Crippen LogP contribution in [0.5, 0.6) is 0 Å². The molecule has 0 saturated carbocycles. The summed E-state index contributed by atoms with van der Waals surface area (Å²) in [5, 5.41) is 4.09. The maximum absolute atomic E-state index is 5.99. The molecule has 2 aliphatic rings. The first-order valence-electron chi connectivity index (χ1n) is 5.99. The number of hydrogen-bond acceptors (Lipinski definition) is 3. The lowest BCUT2D eigenvalue weighted by Gasteiger charge is -2.06. The molecule has 3 rings (SSSR count). The van der Waals surface area contributed by atoms with Crippen molar-refractivity contribution in [3.05, 3.63) is 34.9 Å². The Morgan fingerprint density at radius 3 is 3.12 bits per heavy atom. The van der Waals surface area contributed by atoms with Crippen LogP contribution in [0, 0.1) is 5.92 Å². The molecule has 2 aliphatic heterocycles. The van der Waals surface area contributed by atoms with E-state index in [0.29, 0.717) is 12.5 Å². The van der Waals surface area contributed by atoms with Gasteiger partial charge in [0.1, 0.15) is 12.6 Å². The van der Waals surface area contributed by atoms with Crippen molar-refractivity contribution >= 4 is 17.5 Å². The van der Waals surface area contributed by atoms with Crippen LogP contribution in [0.4, 0.5) is 0 Å². The summed E-state index contributed by atoms with van der Waals surface area (Å²) < 4.78 is 5.71. The molecule has 0 amide bonds. The van der Waals surface area contributed by atoms with Gasteiger partial charge < -0.3 is 10.1 Å². The number of rotatable bonds is 2. The Bertz CT molecular complexity index is 441. The summed E-state index contributed by atoms with van der Waals surface area (Å²) in [6, 6.07) is 7.98. The number of hydrogen-bond donors (Lipinski definition) is 1. The van der Waals surface area contributed by atoms with Crippen LogP contribution < -0.4 is 5.32 Å². The number of aliphatic imine (C=N–C) groups is 1. The SMILES string of the molecule is Clc1cccc(C2COC(C3CCNC3)=N2)c1. The Morgan fingerprint density at radius 2 is 2.35 bits per heavy atom. The van der Waals surface area contributed by atoms with Crippen LogP contribution in [-0.4, -0.2) is 25.6 Å². The van der Waals surface area contributed by atoms with Crippen molar-refractivity contribution in [3.63, 3.8) is 0 Å². The number of nitrogens with zero attached hydrogens (tertiary/aromatic N) is 1. The van der Waals surface area contributed by atoms with Crippen LogP contribution in [0.25, 0.3) is 0 Å². The third-order valence-electron chi connectivity index (χ3n) is 3.32. The van der Waals surface area contributed by atoms with Crippen LogP contribution in [-0.2, 0) is 4.74 Å². The molecule has 0 aliphatic carbocycles.